The first-order valence-corrected chi connectivity index (χ1v) is 6.37. The van der Waals surface area contributed by atoms with Crippen molar-refractivity contribution in [1.82, 2.24) is 5.32 Å². The summed E-state index contributed by atoms with van der Waals surface area (Å²) in [6, 6.07) is 6.81. The molecule has 0 aliphatic rings. The van der Waals surface area contributed by atoms with Crippen LogP contribution in [-0.4, -0.2) is 24.8 Å². The number of nitrogen functional groups attached to an aromatic ring is 1. The Balaban J connectivity index is 2.93. The zero-order valence-corrected chi connectivity index (χ0v) is 12.6. The average molecular weight is 292 g/mol. The molecule has 6 nitrogen and oxygen atoms in total. The van der Waals surface area contributed by atoms with E-state index >= 15 is 0 Å². The third-order valence-electron chi connectivity index (χ3n) is 2.29. The minimum atomic E-state index is -0.727. The molecule has 1 aromatic rings. The second-order valence-corrected chi connectivity index (χ2v) is 5.34. The number of ether oxygens (including phenoxy) is 2. The lowest BCUT2D eigenvalue weighted by atomic mass is 10.2. The Bertz CT molecular complexity index is 542. The minimum Gasteiger partial charge on any atom is -0.464 e. The molecule has 3 N–H and O–H groups in total. The second kappa shape index (κ2) is 6.78. The van der Waals surface area contributed by atoms with Crippen LogP contribution in [0.2, 0.25) is 0 Å². The standard InChI is InChI=1S/C15H20N2O4/c1-15(2,3)21-14(19)17-12(13(18)20-4)9-10-5-7-11(16)8-6-10/h5-9H,16H2,1-4H3,(H,17,19)/b12-9-. The fourth-order valence-electron chi connectivity index (χ4n) is 1.43. The number of methoxy groups -OCH3 is 1. The Morgan fingerprint density at radius 3 is 2.24 bits per heavy atom. The normalized spacial score (nSPS) is 11.7. The molecule has 0 bridgehead atoms. The molecule has 0 aromatic heterocycles. The molecule has 1 aromatic carbocycles. The van der Waals surface area contributed by atoms with E-state index in [-0.39, 0.29) is 5.70 Å². The van der Waals surface area contributed by atoms with Gasteiger partial charge in [0.15, 0.2) is 0 Å². The van der Waals surface area contributed by atoms with Gasteiger partial charge in [-0.3, -0.25) is 5.32 Å². The van der Waals surface area contributed by atoms with E-state index in [1.54, 1.807) is 45.0 Å². The van der Waals surface area contributed by atoms with Crippen LogP contribution in [0.1, 0.15) is 26.3 Å². The predicted molar refractivity (Wildman–Crippen MR) is 80.2 cm³/mol. The molecule has 114 valence electrons. The van der Waals surface area contributed by atoms with Gasteiger partial charge in [-0.05, 0) is 44.5 Å². The molecule has 0 unspecified atom stereocenters. The lowest BCUT2D eigenvalue weighted by molar-refractivity contribution is -0.136. The van der Waals surface area contributed by atoms with E-state index in [4.69, 9.17) is 10.5 Å². The van der Waals surface area contributed by atoms with Gasteiger partial charge in [0.05, 0.1) is 7.11 Å². The average Bonchev–Trinajstić information content (AvgIpc) is 2.37. The van der Waals surface area contributed by atoms with Crippen LogP contribution in [-0.2, 0) is 14.3 Å². The molecule has 0 fully saturated rings. The van der Waals surface area contributed by atoms with Crippen molar-refractivity contribution < 1.29 is 19.1 Å². The summed E-state index contributed by atoms with van der Waals surface area (Å²) in [5.74, 6) is -0.669. The number of rotatable bonds is 3. The van der Waals surface area contributed by atoms with Gasteiger partial charge in [0.25, 0.3) is 0 Å². The zero-order chi connectivity index (χ0) is 16.0. The van der Waals surface area contributed by atoms with Gasteiger partial charge < -0.3 is 15.2 Å². The van der Waals surface area contributed by atoms with Crippen molar-refractivity contribution in [2.24, 2.45) is 0 Å². The topological polar surface area (TPSA) is 90.6 Å². The van der Waals surface area contributed by atoms with Crippen LogP contribution in [0.5, 0.6) is 0 Å². The number of benzene rings is 1. The van der Waals surface area contributed by atoms with Crippen LogP contribution in [0.3, 0.4) is 0 Å². The molecule has 0 heterocycles. The van der Waals surface area contributed by atoms with E-state index in [1.165, 1.54) is 13.2 Å². The smallest absolute Gasteiger partial charge is 0.412 e. The van der Waals surface area contributed by atoms with Crippen LogP contribution in [0.15, 0.2) is 30.0 Å². The van der Waals surface area contributed by atoms with Gasteiger partial charge in [0.1, 0.15) is 11.3 Å². The Hall–Kier alpha value is -2.50. The molecule has 6 heteroatoms. The van der Waals surface area contributed by atoms with Crippen molar-refractivity contribution in [3.05, 3.63) is 35.5 Å². The summed E-state index contributed by atoms with van der Waals surface area (Å²) in [5, 5.41) is 2.38. The van der Waals surface area contributed by atoms with Crippen molar-refractivity contribution >= 4 is 23.8 Å². The van der Waals surface area contributed by atoms with Gasteiger partial charge in [-0.15, -0.1) is 0 Å². The SMILES string of the molecule is COC(=O)/C(=C/c1ccc(N)cc1)NC(=O)OC(C)(C)C. The molecule has 1 amide bonds. The van der Waals surface area contributed by atoms with Crippen LogP contribution < -0.4 is 11.1 Å². The number of nitrogens with two attached hydrogens (primary N) is 1. The van der Waals surface area contributed by atoms with Crippen molar-refractivity contribution in [1.29, 1.82) is 0 Å². The highest BCUT2D eigenvalue weighted by Crippen LogP contribution is 2.11. The summed E-state index contributed by atoms with van der Waals surface area (Å²) in [4.78, 5) is 23.4. The highest BCUT2D eigenvalue weighted by atomic mass is 16.6. The highest BCUT2D eigenvalue weighted by molar-refractivity contribution is 5.96. The molecular formula is C15H20N2O4. The van der Waals surface area contributed by atoms with E-state index in [0.29, 0.717) is 11.3 Å². The fraction of sp³-hybridized carbons (Fsp3) is 0.333. The second-order valence-electron chi connectivity index (χ2n) is 5.34. The predicted octanol–water partition coefficient (Wildman–Crippen LogP) is 2.31. The van der Waals surface area contributed by atoms with Gasteiger partial charge in [-0.1, -0.05) is 12.1 Å². The molecule has 0 saturated heterocycles. The van der Waals surface area contributed by atoms with E-state index in [2.05, 4.69) is 10.1 Å². The molecular weight excluding hydrogens is 272 g/mol. The number of hydrogen-bond donors (Lipinski definition) is 2. The molecule has 0 aliphatic heterocycles. The Morgan fingerprint density at radius 1 is 1.19 bits per heavy atom. The quantitative estimate of drug-likeness (QED) is 0.507. The maximum absolute atomic E-state index is 11.7. The summed E-state index contributed by atoms with van der Waals surface area (Å²) in [5.41, 5.74) is 6.21. The Kier molecular flexibility index (Phi) is 5.35. The van der Waals surface area contributed by atoms with Gasteiger partial charge in [0.2, 0.25) is 0 Å². The summed E-state index contributed by atoms with van der Waals surface area (Å²) >= 11 is 0. The molecule has 0 radical (unpaired) electrons. The number of anilines is 1. The number of carbonyl (C=O) groups is 2. The summed E-state index contributed by atoms with van der Waals surface area (Å²) in [6.45, 7) is 5.19. The summed E-state index contributed by atoms with van der Waals surface area (Å²) in [7, 11) is 1.23. The van der Waals surface area contributed by atoms with Gasteiger partial charge in [-0.25, -0.2) is 9.59 Å². The third kappa shape index (κ3) is 5.99. The minimum absolute atomic E-state index is 0.0171. The largest absolute Gasteiger partial charge is 0.464 e. The molecule has 1 rings (SSSR count). The molecule has 0 atom stereocenters. The van der Waals surface area contributed by atoms with Crippen molar-refractivity contribution in [2.75, 3.05) is 12.8 Å². The lowest BCUT2D eigenvalue weighted by Crippen LogP contribution is -2.34. The van der Waals surface area contributed by atoms with Gasteiger partial charge in [0, 0.05) is 5.69 Å². The zero-order valence-electron chi connectivity index (χ0n) is 12.6. The highest BCUT2D eigenvalue weighted by Gasteiger charge is 2.19. The maximum atomic E-state index is 11.7. The first-order chi connectivity index (χ1) is 9.71. The number of nitrogens with one attached hydrogen (secondary N) is 1. The Labute approximate surface area is 123 Å². The van der Waals surface area contributed by atoms with Crippen molar-refractivity contribution in [3.63, 3.8) is 0 Å². The van der Waals surface area contributed by atoms with Crippen LogP contribution in [0.4, 0.5) is 10.5 Å². The molecule has 0 spiro atoms. The van der Waals surface area contributed by atoms with Crippen LogP contribution >= 0.6 is 0 Å². The number of alkyl carbamates (subject to hydrolysis) is 1. The summed E-state index contributed by atoms with van der Waals surface area (Å²) < 4.78 is 9.74. The van der Waals surface area contributed by atoms with E-state index in [0.717, 1.165) is 0 Å². The first kappa shape index (κ1) is 16.6. The molecule has 0 aliphatic carbocycles. The number of hydrogen-bond acceptors (Lipinski definition) is 5. The van der Waals surface area contributed by atoms with Crippen LogP contribution in [0.25, 0.3) is 6.08 Å². The third-order valence-corrected chi connectivity index (χ3v) is 2.29. The first-order valence-electron chi connectivity index (χ1n) is 6.37. The van der Waals surface area contributed by atoms with E-state index in [9.17, 15) is 9.59 Å². The van der Waals surface area contributed by atoms with Gasteiger partial charge >= 0.3 is 12.1 Å². The molecule has 21 heavy (non-hydrogen) atoms. The van der Waals surface area contributed by atoms with Crippen LogP contribution in [0, 0.1) is 0 Å². The van der Waals surface area contributed by atoms with Crippen molar-refractivity contribution in [2.45, 2.75) is 26.4 Å². The van der Waals surface area contributed by atoms with Crippen molar-refractivity contribution in [3.8, 4) is 0 Å². The monoisotopic (exact) mass is 292 g/mol. The van der Waals surface area contributed by atoms with E-state index < -0.39 is 17.7 Å². The fourth-order valence-corrected chi connectivity index (χ4v) is 1.43. The van der Waals surface area contributed by atoms with E-state index in [1.807, 2.05) is 0 Å². The maximum Gasteiger partial charge on any atom is 0.412 e. The number of carbonyl (C=O) groups excluding carboxylic acids is 2. The molecule has 0 saturated carbocycles. The summed E-state index contributed by atoms with van der Waals surface area (Å²) in [6.07, 6.45) is 0.754. The Morgan fingerprint density at radius 2 is 1.76 bits per heavy atom. The number of esters is 1. The lowest BCUT2D eigenvalue weighted by Gasteiger charge is -2.20. The number of amides is 1. The van der Waals surface area contributed by atoms with Gasteiger partial charge in [-0.2, -0.15) is 0 Å².